The standard InChI is InChI=1S/C24H23FN8.2H2/c25-21-14-28-23-6-2-17(15-33(21)23)18-3-4-20-19(18)13-30-24(31-20)29-12-16-1-5-22(27-11-16)32-9-7-26-8-10-32;;/h1-3,5-6,11,13-15,26H,4,7-10,12H2,(H,29,30,31);2*1H. The quantitative estimate of drug-likeness (QED) is 0.487. The smallest absolute Gasteiger partial charge is 0.223 e. The van der Waals surface area contributed by atoms with Gasteiger partial charge in [0.1, 0.15) is 11.5 Å². The van der Waals surface area contributed by atoms with Crippen LogP contribution in [0.1, 0.15) is 25.2 Å². The predicted octanol–water partition coefficient (Wildman–Crippen LogP) is 3.16. The summed E-state index contributed by atoms with van der Waals surface area (Å²) in [7, 11) is 0. The number of allylic oxidation sites excluding steroid dienone is 1. The normalized spacial score (nSPS) is 15.5. The van der Waals surface area contributed by atoms with Crippen LogP contribution in [0.3, 0.4) is 0 Å². The van der Waals surface area contributed by atoms with Crippen LogP contribution in [-0.4, -0.2) is 50.5 Å². The highest BCUT2D eigenvalue weighted by Crippen LogP contribution is 2.32. The molecule has 4 aromatic heterocycles. The maximum Gasteiger partial charge on any atom is 0.223 e. The van der Waals surface area contributed by atoms with E-state index in [1.54, 1.807) is 6.20 Å². The Balaban J connectivity index is 0.00000144. The lowest BCUT2D eigenvalue weighted by Gasteiger charge is -2.28. The van der Waals surface area contributed by atoms with E-state index in [0.717, 1.165) is 60.0 Å². The number of imidazole rings is 1. The van der Waals surface area contributed by atoms with Crippen LogP contribution in [0.2, 0.25) is 0 Å². The second kappa shape index (κ2) is 8.25. The fourth-order valence-electron chi connectivity index (χ4n) is 4.36. The minimum atomic E-state index is -0.378. The summed E-state index contributed by atoms with van der Waals surface area (Å²) in [6.45, 7) is 4.55. The lowest BCUT2D eigenvalue weighted by Crippen LogP contribution is -2.43. The molecule has 0 radical (unpaired) electrons. The maximum absolute atomic E-state index is 13.9. The molecule has 9 heteroatoms. The van der Waals surface area contributed by atoms with E-state index in [2.05, 4.69) is 48.7 Å². The lowest BCUT2D eigenvalue weighted by molar-refractivity contribution is 0.573. The van der Waals surface area contributed by atoms with Gasteiger partial charge in [-0.05, 0) is 34.9 Å². The van der Waals surface area contributed by atoms with Crippen LogP contribution < -0.4 is 15.5 Å². The Morgan fingerprint density at radius 3 is 2.79 bits per heavy atom. The van der Waals surface area contributed by atoms with Crippen molar-refractivity contribution in [1.82, 2.24) is 29.7 Å². The average Bonchev–Trinajstić information content (AvgIpc) is 3.46. The van der Waals surface area contributed by atoms with Crippen molar-refractivity contribution in [2.75, 3.05) is 36.4 Å². The number of rotatable bonds is 5. The highest BCUT2D eigenvalue weighted by atomic mass is 19.1. The van der Waals surface area contributed by atoms with Crippen molar-refractivity contribution in [3.8, 4) is 0 Å². The minimum absolute atomic E-state index is 0. The van der Waals surface area contributed by atoms with Gasteiger partial charge in [-0.25, -0.2) is 19.9 Å². The zero-order valence-electron chi connectivity index (χ0n) is 18.0. The van der Waals surface area contributed by atoms with E-state index >= 15 is 0 Å². The SMILES string of the molecule is Fc1cnc2ccc(C3=CCc4nc(NCc5ccc(N6CCNCC6)nc5)ncc43)cn12.[HH].[HH]. The molecule has 170 valence electrons. The molecule has 1 saturated heterocycles. The van der Waals surface area contributed by atoms with Crippen molar-refractivity contribution >= 4 is 23.0 Å². The molecule has 0 amide bonds. The van der Waals surface area contributed by atoms with Crippen LogP contribution in [0.4, 0.5) is 16.2 Å². The molecule has 1 fully saturated rings. The third-order valence-corrected chi connectivity index (χ3v) is 6.13. The second-order valence-electron chi connectivity index (χ2n) is 8.22. The second-order valence-corrected chi connectivity index (χ2v) is 8.22. The summed E-state index contributed by atoms with van der Waals surface area (Å²) in [5.74, 6) is 1.23. The van der Waals surface area contributed by atoms with Gasteiger partial charge in [0.25, 0.3) is 0 Å². The van der Waals surface area contributed by atoms with Crippen molar-refractivity contribution < 1.29 is 7.24 Å². The monoisotopic (exact) mass is 446 g/mol. The fourth-order valence-corrected chi connectivity index (χ4v) is 4.36. The van der Waals surface area contributed by atoms with Crippen molar-refractivity contribution in [3.05, 3.63) is 83.5 Å². The number of halogens is 1. The van der Waals surface area contributed by atoms with Gasteiger partial charge in [-0.2, -0.15) is 4.39 Å². The molecule has 33 heavy (non-hydrogen) atoms. The Morgan fingerprint density at radius 2 is 1.94 bits per heavy atom. The van der Waals surface area contributed by atoms with E-state index in [4.69, 9.17) is 4.98 Å². The van der Waals surface area contributed by atoms with Crippen LogP contribution in [-0.2, 0) is 13.0 Å². The Kier molecular flexibility index (Phi) is 4.95. The first-order valence-electron chi connectivity index (χ1n) is 11.1. The molecule has 0 bridgehead atoms. The van der Waals surface area contributed by atoms with Gasteiger partial charge in [0.15, 0.2) is 0 Å². The molecule has 0 atom stereocenters. The van der Waals surface area contributed by atoms with E-state index in [-0.39, 0.29) is 8.80 Å². The molecule has 5 heterocycles. The van der Waals surface area contributed by atoms with Gasteiger partial charge < -0.3 is 15.5 Å². The first-order valence-corrected chi connectivity index (χ1v) is 11.1. The van der Waals surface area contributed by atoms with E-state index in [1.807, 2.05) is 24.5 Å². The van der Waals surface area contributed by atoms with Crippen molar-refractivity contribution in [3.63, 3.8) is 0 Å². The predicted molar refractivity (Wildman–Crippen MR) is 129 cm³/mol. The Morgan fingerprint density at radius 1 is 1.03 bits per heavy atom. The molecule has 6 rings (SSSR count). The summed E-state index contributed by atoms with van der Waals surface area (Å²) in [5.41, 5.74) is 5.52. The highest BCUT2D eigenvalue weighted by Gasteiger charge is 2.19. The summed E-state index contributed by atoms with van der Waals surface area (Å²) in [6.07, 6.45) is 9.56. The average molecular weight is 447 g/mol. The van der Waals surface area contributed by atoms with Gasteiger partial charge in [-0.1, -0.05) is 12.1 Å². The molecular weight excluding hydrogens is 419 g/mol. The van der Waals surface area contributed by atoms with Crippen LogP contribution in [0, 0.1) is 5.95 Å². The van der Waals surface area contributed by atoms with Gasteiger partial charge in [0.2, 0.25) is 11.9 Å². The topological polar surface area (TPSA) is 83.3 Å². The number of nitrogens with one attached hydrogen (secondary N) is 2. The molecule has 2 N–H and O–H groups in total. The molecule has 0 saturated carbocycles. The summed E-state index contributed by atoms with van der Waals surface area (Å²) in [4.78, 5) is 20.2. The molecule has 0 aromatic carbocycles. The van der Waals surface area contributed by atoms with E-state index in [1.165, 1.54) is 10.6 Å². The summed E-state index contributed by atoms with van der Waals surface area (Å²) in [5, 5.41) is 6.66. The zero-order chi connectivity index (χ0) is 22.2. The number of fused-ring (bicyclic) bond motifs is 2. The number of hydrogen-bond acceptors (Lipinski definition) is 7. The van der Waals surface area contributed by atoms with Crippen LogP contribution in [0.25, 0.3) is 11.2 Å². The third kappa shape index (κ3) is 3.80. The summed E-state index contributed by atoms with van der Waals surface area (Å²) >= 11 is 0. The number of hydrogen-bond donors (Lipinski definition) is 2. The van der Waals surface area contributed by atoms with Gasteiger partial charge in [0.05, 0.1) is 11.9 Å². The molecule has 0 spiro atoms. The van der Waals surface area contributed by atoms with Gasteiger partial charge in [-0.3, -0.25) is 4.40 Å². The van der Waals surface area contributed by atoms with E-state index in [0.29, 0.717) is 24.6 Å². The van der Waals surface area contributed by atoms with E-state index in [9.17, 15) is 4.39 Å². The third-order valence-electron chi connectivity index (χ3n) is 6.13. The Bertz CT molecular complexity index is 1350. The maximum atomic E-state index is 13.9. The van der Waals surface area contributed by atoms with E-state index < -0.39 is 0 Å². The van der Waals surface area contributed by atoms with Crippen LogP contribution >= 0.6 is 0 Å². The lowest BCUT2D eigenvalue weighted by atomic mass is 10.0. The van der Waals surface area contributed by atoms with Gasteiger partial charge >= 0.3 is 0 Å². The van der Waals surface area contributed by atoms with Crippen LogP contribution in [0.5, 0.6) is 0 Å². The Hall–Kier alpha value is -3.85. The molecule has 8 nitrogen and oxygen atoms in total. The zero-order valence-corrected chi connectivity index (χ0v) is 18.0. The number of nitrogens with zero attached hydrogens (tertiary/aromatic N) is 6. The number of piperazine rings is 1. The molecular formula is C24H27FN8. The fraction of sp³-hybridized carbons (Fsp3) is 0.250. The number of pyridine rings is 2. The molecule has 1 aliphatic carbocycles. The van der Waals surface area contributed by atoms with Crippen molar-refractivity contribution in [1.29, 1.82) is 0 Å². The van der Waals surface area contributed by atoms with Crippen molar-refractivity contribution in [2.24, 2.45) is 0 Å². The first kappa shape index (κ1) is 19.8. The van der Waals surface area contributed by atoms with Gasteiger partial charge in [-0.15, -0.1) is 0 Å². The number of aromatic nitrogens is 5. The molecule has 0 unspecified atom stereocenters. The molecule has 4 aromatic rings. The first-order chi connectivity index (χ1) is 16.2. The number of anilines is 2. The summed E-state index contributed by atoms with van der Waals surface area (Å²) in [6, 6.07) is 7.93. The largest absolute Gasteiger partial charge is 0.354 e. The van der Waals surface area contributed by atoms with Gasteiger partial charge in [0, 0.05) is 66.2 Å². The molecule has 1 aliphatic heterocycles. The van der Waals surface area contributed by atoms with Crippen molar-refractivity contribution in [2.45, 2.75) is 13.0 Å². The van der Waals surface area contributed by atoms with Crippen LogP contribution in [0.15, 0.2) is 55.1 Å². The summed E-state index contributed by atoms with van der Waals surface area (Å²) < 4.78 is 15.4. The molecule has 2 aliphatic rings. The minimum Gasteiger partial charge on any atom is -0.354 e. The highest BCUT2D eigenvalue weighted by molar-refractivity contribution is 5.83. The Labute approximate surface area is 193 Å².